The van der Waals surface area contributed by atoms with Crippen LogP contribution in [0.3, 0.4) is 0 Å². The minimum atomic E-state index is 0.623. The maximum atomic E-state index is 5.21. The third kappa shape index (κ3) is 5.83. The summed E-state index contributed by atoms with van der Waals surface area (Å²) in [6.45, 7) is 10.3. The molecule has 1 aliphatic rings. The Bertz CT molecular complexity index is 173. The van der Waals surface area contributed by atoms with Crippen molar-refractivity contribution in [2.24, 2.45) is 5.92 Å². The van der Waals surface area contributed by atoms with Gasteiger partial charge in [-0.25, -0.2) is 0 Å². The highest BCUT2D eigenvalue weighted by Crippen LogP contribution is 2.16. The molecule has 0 aromatic rings. The van der Waals surface area contributed by atoms with Crippen LogP contribution in [0.4, 0.5) is 0 Å². The summed E-state index contributed by atoms with van der Waals surface area (Å²) in [7, 11) is 1.81. The Morgan fingerprint density at radius 3 is 2.88 bits per heavy atom. The summed E-state index contributed by atoms with van der Waals surface area (Å²) in [4.78, 5) is 2.58. The van der Waals surface area contributed by atoms with E-state index in [1.807, 2.05) is 0 Å². The largest absolute Gasteiger partial charge is 0.384 e. The Morgan fingerprint density at radius 2 is 2.19 bits per heavy atom. The fraction of sp³-hybridized carbons (Fsp3) is 1.00. The van der Waals surface area contributed by atoms with Gasteiger partial charge >= 0.3 is 0 Å². The molecule has 1 heterocycles. The van der Waals surface area contributed by atoms with E-state index in [-0.39, 0.29) is 0 Å². The molecule has 0 saturated carbocycles. The zero-order valence-electron chi connectivity index (χ0n) is 11.2. The second-order valence-electron chi connectivity index (χ2n) is 5.23. The number of nitrogens with one attached hydrogen (secondary N) is 1. The first kappa shape index (κ1) is 13.9. The van der Waals surface area contributed by atoms with Crippen LogP contribution < -0.4 is 5.32 Å². The van der Waals surface area contributed by atoms with Gasteiger partial charge in [0.15, 0.2) is 0 Å². The third-order valence-corrected chi connectivity index (χ3v) is 3.23. The normalized spacial score (nSPS) is 22.1. The molecule has 1 fully saturated rings. The Morgan fingerprint density at radius 1 is 1.38 bits per heavy atom. The molecule has 0 aliphatic carbocycles. The number of ether oxygens (including phenoxy) is 1. The molecule has 0 aromatic carbocycles. The van der Waals surface area contributed by atoms with Crippen molar-refractivity contribution in [1.29, 1.82) is 0 Å². The standard InChI is InChI=1S/C13H28N2O/c1-12(2)14-7-4-5-8-15-9-6-13(10-15)11-16-3/h12-14H,4-11H2,1-3H3. The highest BCUT2D eigenvalue weighted by Gasteiger charge is 2.21. The highest BCUT2D eigenvalue weighted by atomic mass is 16.5. The number of hydrogen-bond acceptors (Lipinski definition) is 3. The van der Waals surface area contributed by atoms with Crippen molar-refractivity contribution >= 4 is 0 Å². The number of likely N-dealkylation sites (tertiary alicyclic amines) is 1. The second kappa shape index (κ2) is 8.04. The summed E-state index contributed by atoms with van der Waals surface area (Å²) in [6.07, 6.45) is 3.93. The van der Waals surface area contributed by atoms with Crippen molar-refractivity contribution < 1.29 is 4.74 Å². The maximum absolute atomic E-state index is 5.21. The van der Waals surface area contributed by atoms with Crippen molar-refractivity contribution in [3.8, 4) is 0 Å². The molecule has 1 N–H and O–H groups in total. The predicted molar refractivity (Wildman–Crippen MR) is 68.8 cm³/mol. The lowest BCUT2D eigenvalue weighted by Gasteiger charge is -2.16. The van der Waals surface area contributed by atoms with Gasteiger partial charge < -0.3 is 15.0 Å². The van der Waals surface area contributed by atoms with Gasteiger partial charge in [-0.1, -0.05) is 13.8 Å². The second-order valence-corrected chi connectivity index (χ2v) is 5.23. The number of nitrogens with zero attached hydrogens (tertiary/aromatic N) is 1. The minimum Gasteiger partial charge on any atom is -0.384 e. The molecule has 1 saturated heterocycles. The first-order valence-corrected chi connectivity index (χ1v) is 6.67. The van der Waals surface area contributed by atoms with E-state index in [9.17, 15) is 0 Å². The van der Waals surface area contributed by atoms with Gasteiger partial charge in [0.25, 0.3) is 0 Å². The smallest absolute Gasteiger partial charge is 0.0503 e. The van der Waals surface area contributed by atoms with Crippen molar-refractivity contribution in [3.05, 3.63) is 0 Å². The first-order chi connectivity index (χ1) is 7.72. The van der Waals surface area contributed by atoms with Crippen LogP contribution in [-0.4, -0.2) is 50.8 Å². The number of unbranched alkanes of at least 4 members (excludes halogenated alkanes) is 1. The Balaban J connectivity index is 1.94. The molecule has 1 atom stereocenters. The Hall–Kier alpha value is -0.120. The lowest BCUT2D eigenvalue weighted by Crippen LogP contribution is -2.26. The van der Waals surface area contributed by atoms with E-state index in [0.29, 0.717) is 6.04 Å². The molecule has 1 unspecified atom stereocenters. The lowest BCUT2D eigenvalue weighted by molar-refractivity contribution is 0.153. The zero-order chi connectivity index (χ0) is 11.8. The van der Waals surface area contributed by atoms with Gasteiger partial charge in [-0.2, -0.15) is 0 Å². The van der Waals surface area contributed by atoms with E-state index in [0.717, 1.165) is 19.1 Å². The fourth-order valence-electron chi connectivity index (χ4n) is 2.34. The van der Waals surface area contributed by atoms with Gasteiger partial charge in [0.2, 0.25) is 0 Å². The molecule has 1 aliphatic heterocycles. The molecule has 1 rings (SSSR count). The summed E-state index contributed by atoms with van der Waals surface area (Å²) in [6, 6.07) is 0.623. The van der Waals surface area contributed by atoms with Crippen LogP contribution in [0.5, 0.6) is 0 Å². The molecule has 0 radical (unpaired) electrons. The quantitative estimate of drug-likeness (QED) is 0.640. The van der Waals surface area contributed by atoms with Crippen molar-refractivity contribution in [3.63, 3.8) is 0 Å². The van der Waals surface area contributed by atoms with Crippen LogP contribution in [0, 0.1) is 5.92 Å². The molecule has 96 valence electrons. The van der Waals surface area contributed by atoms with Crippen LogP contribution in [0.25, 0.3) is 0 Å². The fourth-order valence-corrected chi connectivity index (χ4v) is 2.34. The average Bonchev–Trinajstić information content (AvgIpc) is 2.65. The molecular formula is C13H28N2O. The van der Waals surface area contributed by atoms with E-state index in [4.69, 9.17) is 4.74 Å². The van der Waals surface area contributed by atoms with Crippen molar-refractivity contribution in [1.82, 2.24) is 10.2 Å². The summed E-state index contributed by atoms with van der Waals surface area (Å²) < 4.78 is 5.21. The third-order valence-electron chi connectivity index (χ3n) is 3.23. The van der Waals surface area contributed by atoms with Crippen molar-refractivity contribution in [2.45, 2.75) is 39.2 Å². The van der Waals surface area contributed by atoms with Crippen LogP contribution >= 0.6 is 0 Å². The van der Waals surface area contributed by atoms with E-state index < -0.39 is 0 Å². The molecule has 3 nitrogen and oxygen atoms in total. The number of rotatable bonds is 8. The van der Waals surface area contributed by atoms with Crippen molar-refractivity contribution in [2.75, 3.05) is 39.9 Å². The van der Waals surface area contributed by atoms with Gasteiger partial charge in [0.1, 0.15) is 0 Å². The number of methoxy groups -OCH3 is 1. The summed E-state index contributed by atoms with van der Waals surface area (Å²) >= 11 is 0. The van der Waals surface area contributed by atoms with Gasteiger partial charge in [-0.3, -0.25) is 0 Å². The maximum Gasteiger partial charge on any atom is 0.0503 e. The number of hydrogen-bond donors (Lipinski definition) is 1. The Kier molecular flexibility index (Phi) is 7.01. The molecule has 3 heteroatoms. The van der Waals surface area contributed by atoms with Gasteiger partial charge in [-0.15, -0.1) is 0 Å². The van der Waals surface area contributed by atoms with E-state index in [1.54, 1.807) is 7.11 Å². The minimum absolute atomic E-state index is 0.623. The van der Waals surface area contributed by atoms with Crippen LogP contribution in [0.15, 0.2) is 0 Å². The zero-order valence-corrected chi connectivity index (χ0v) is 11.2. The lowest BCUT2D eigenvalue weighted by atomic mass is 10.1. The molecule has 16 heavy (non-hydrogen) atoms. The van der Waals surface area contributed by atoms with E-state index in [1.165, 1.54) is 38.9 Å². The summed E-state index contributed by atoms with van der Waals surface area (Å²) in [5.74, 6) is 0.777. The van der Waals surface area contributed by atoms with Crippen LogP contribution in [0.1, 0.15) is 33.1 Å². The molecular weight excluding hydrogens is 200 g/mol. The predicted octanol–water partition coefficient (Wildman–Crippen LogP) is 1.73. The average molecular weight is 228 g/mol. The highest BCUT2D eigenvalue weighted by molar-refractivity contribution is 4.75. The van der Waals surface area contributed by atoms with Gasteiger partial charge in [-0.05, 0) is 44.8 Å². The summed E-state index contributed by atoms with van der Waals surface area (Å²) in [5.41, 5.74) is 0. The van der Waals surface area contributed by atoms with Crippen LogP contribution in [-0.2, 0) is 4.74 Å². The van der Waals surface area contributed by atoms with E-state index >= 15 is 0 Å². The van der Waals surface area contributed by atoms with Gasteiger partial charge in [0, 0.05) is 19.7 Å². The molecule has 0 spiro atoms. The monoisotopic (exact) mass is 228 g/mol. The van der Waals surface area contributed by atoms with Gasteiger partial charge in [0.05, 0.1) is 6.61 Å². The SMILES string of the molecule is COCC1CCN(CCCCNC(C)C)C1. The molecule has 0 bridgehead atoms. The van der Waals surface area contributed by atoms with E-state index in [2.05, 4.69) is 24.1 Å². The first-order valence-electron chi connectivity index (χ1n) is 6.67. The van der Waals surface area contributed by atoms with Crippen LogP contribution in [0.2, 0.25) is 0 Å². The topological polar surface area (TPSA) is 24.5 Å². The Labute approximate surface area is 101 Å². The summed E-state index contributed by atoms with van der Waals surface area (Å²) in [5, 5.41) is 3.46. The molecule has 0 aromatic heterocycles. The molecule has 0 amide bonds.